The Morgan fingerprint density at radius 3 is 2.74 bits per heavy atom. The highest BCUT2D eigenvalue weighted by atomic mass is 16.5. The maximum absolute atomic E-state index is 8.44. The fourth-order valence-corrected chi connectivity index (χ4v) is 2.15. The van der Waals surface area contributed by atoms with E-state index in [0.29, 0.717) is 13.0 Å². The summed E-state index contributed by atoms with van der Waals surface area (Å²) in [6.07, 6.45) is 5.81. The van der Waals surface area contributed by atoms with E-state index in [4.69, 9.17) is 10.00 Å². The summed E-state index contributed by atoms with van der Waals surface area (Å²) in [4.78, 5) is 0. The third-order valence-electron chi connectivity index (χ3n) is 3.24. The van der Waals surface area contributed by atoms with E-state index in [9.17, 15) is 0 Å². The third kappa shape index (κ3) is 4.42. The second kappa shape index (κ2) is 7.60. The molecule has 100 valence electrons. The first kappa shape index (κ1) is 13.6. The van der Waals surface area contributed by atoms with Crippen LogP contribution in [0.25, 0.3) is 5.57 Å². The Morgan fingerprint density at radius 2 is 2.05 bits per heavy atom. The van der Waals surface area contributed by atoms with Crippen molar-refractivity contribution in [1.29, 1.82) is 5.26 Å². The Balaban J connectivity index is 1.81. The summed E-state index contributed by atoms with van der Waals surface area (Å²) in [6.45, 7) is 2.71. The zero-order chi connectivity index (χ0) is 13.3. The van der Waals surface area contributed by atoms with Crippen LogP contribution in [0.1, 0.15) is 31.2 Å². The van der Waals surface area contributed by atoms with Crippen LogP contribution < -0.4 is 10.1 Å². The van der Waals surface area contributed by atoms with Crippen LogP contribution in [-0.4, -0.2) is 19.7 Å². The number of hydrogen-bond acceptors (Lipinski definition) is 3. The number of unbranched alkanes of at least 4 members (excludes halogenated alkanes) is 2. The van der Waals surface area contributed by atoms with Gasteiger partial charge in [0, 0.05) is 13.0 Å². The molecule has 0 unspecified atom stereocenters. The molecule has 3 heteroatoms. The second-order valence-corrected chi connectivity index (χ2v) is 4.67. The van der Waals surface area contributed by atoms with Gasteiger partial charge in [-0.1, -0.05) is 18.2 Å². The zero-order valence-electron chi connectivity index (χ0n) is 11.2. The van der Waals surface area contributed by atoms with Gasteiger partial charge in [0.25, 0.3) is 0 Å². The van der Waals surface area contributed by atoms with Crippen LogP contribution in [0.4, 0.5) is 0 Å². The number of rotatable bonds is 6. The Morgan fingerprint density at radius 1 is 1.21 bits per heavy atom. The topological polar surface area (TPSA) is 45.0 Å². The summed E-state index contributed by atoms with van der Waals surface area (Å²) in [5, 5.41) is 11.8. The van der Waals surface area contributed by atoms with E-state index in [1.54, 1.807) is 0 Å². The molecule has 1 aromatic rings. The molecule has 0 saturated heterocycles. The van der Waals surface area contributed by atoms with Gasteiger partial charge in [-0.25, -0.2) is 0 Å². The minimum absolute atomic E-state index is 0.616. The van der Waals surface area contributed by atoms with Crippen molar-refractivity contribution < 1.29 is 4.74 Å². The average Bonchev–Trinajstić information content (AvgIpc) is 2.49. The molecular formula is C16H20N2O. The first-order valence-electron chi connectivity index (χ1n) is 6.90. The number of benzene rings is 1. The maximum atomic E-state index is 8.44. The van der Waals surface area contributed by atoms with E-state index in [-0.39, 0.29) is 0 Å². The first-order valence-corrected chi connectivity index (χ1v) is 6.90. The zero-order valence-corrected chi connectivity index (χ0v) is 11.2. The van der Waals surface area contributed by atoms with Gasteiger partial charge >= 0.3 is 0 Å². The SMILES string of the molecule is N#CCCCCOc1ccc(C2=CCNCC2)cc1. The highest BCUT2D eigenvalue weighted by Crippen LogP contribution is 2.22. The lowest BCUT2D eigenvalue weighted by Gasteiger charge is -2.14. The first-order chi connectivity index (χ1) is 9.40. The Bertz CT molecular complexity index is 457. The fraction of sp³-hybridized carbons (Fsp3) is 0.438. The lowest BCUT2D eigenvalue weighted by molar-refractivity contribution is 0.307. The van der Waals surface area contributed by atoms with Gasteiger partial charge < -0.3 is 10.1 Å². The van der Waals surface area contributed by atoms with Crippen molar-refractivity contribution in [2.24, 2.45) is 0 Å². The lowest BCUT2D eigenvalue weighted by Crippen LogP contribution is -2.19. The van der Waals surface area contributed by atoms with E-state index in [1.807, 2.05) is 12.1 Å². The quantitative estimate of drug-likeness (QED) is 0.795. The molecule has 2 rings (SSSR count). The van der Waals surface area contributed by atoms with Crippen molar-refractivity contribution in [3.63, 3.8) is 0 Å². The molecule has 3 nitrogen and oxygen atoms in total. The molecule has 0 aliphatic carbocycles. The van der Waals surface area contributed by atoms with Crippen molar-refractivity contribution in [3.05, 3.63) is 35.9 Å². The highest BCUT2D eigenvalue weighted by Gasteiger charge is 2.05. The molecule has 0 aromatic heterocycles. The van der Waals surface area contributed by atoms with Crippen molar-refractivity contribution in [2.75, 3.05) is 19.7 Å². The van der Waals surface area contributed by atoms with E-state index < -0.39 is 0 Å². The molecule has 0 bridgehead atoms. The van der Waals surface area contributed by atoms with Gasteiger partial charge in [-0.3, -0.25) is 0 Å². The molecule has 0 saturated carbocycles. The minimum Gasteiger partial charge on any atom is -0.494 e. The van der Waals surface area contributed by atoms with Crippen molar-refractivity contribution in [1.82, 2.24) is 5.32 Å². The molecule has 1 aromatic carbocycles. The number of hydrogen-bond donors (Lipinski definition) is 1. The summed E-state index contributed by atoms with van der Waals surface area (Å²) in [6, 6.07) is 10.5. The maximum Gasteiger partial charge on any atom is 0.119 e. The summed E-state index contributed by atoms with van der Waals surface area (Å²) >= 11 is 0. The number of nitriles is 1. The van der Waals surface area contributed by atoms with Crippen LogP contribution >= 0.6 is 0 Å². The number of nitrogens with one attached hydrogen (secondary N) is 1. The lowest BCUT2D eigenvalue weighted by atomic mass is 10.0. The normalized spacial score (nSPS) is 14.6. The molecule has 1 N–H and O–H groups in total. The molecule has 1 aliphatic rings. The molecule has 0 spiro atoms. The Labute approximate surface area is 114 Å². The highest BCUT2D eigenvalue weighted by molar-refractivity contribution is 5.67. The fourth-order valence-electron chi connectivity index (χ4n) is 2.15. The smallest absolute Gasteiger partial charge is 0.119 e. The van der Waals surface area contributed by atoms with Gasteiger partial charge in [0.1, 0.15) is 5.75 Å². The van der Waals surface area contributed by atoms with E-state index in [0.717, 1.165) is 38.1 Å². The van der Waals surface area contributed by atoms with Gasteiger partial charge in [-0.15, -0.1) is 0 Å². The molecule has 0 atom stereocenters. The third-order valence-corrected chi connectivity index (χ3v) is 3.24. The average molecular weight is 256 g/mol. The monoisotopic (exact) mass is 256 g/mol. The van der Waals surface area contributed by atoms with Crippen LogP contribution in [-0.2, 0) is 0 Å². The molecule has 0 fully saturated rings. The number of nitrogens with zero attached hydrogens (tertiary/aromatic N) is 1. The summed E-state index contributed by atoms with van der Waals surface area (Å²) in [5.74, 6) is 0.912. The molecule has 1 heterocycles. The Kier molecular flexibility index (Phi) is 5.46. The van der Waals surface area contributed by atoms with Gasteiger partial charge in [-0.05, 0) is 49.1 Å². The second-order valence-electron chi connectivity index (χ2n) is 4.67. The summed E-state index contributed by atoms with van der Waals surface area (Å²) < 4.78 is 5.65. The predicted molar refractivity (Wildman–Crippen MR) is 76.9 cm³/mol. The van der Waals surface area contributed by atoms with Crippen LogP contribution in [0, 0.1) is 11.3 Å². The van der Waals surface area contributed by atoms with Crippen LogP contribution in [0.15, 0.2) is 30.3 Å². The molecule has 19 heavy (non-hydrogen) atoms. The summed E-state index contributed by atoms with van der Waals surface area (Å²) in [5.41, 5.74) is 2.71. The van der Waals surface area contributed by atoms with Crippen molar-refractivity contribution >= 4 is 5.57 Å². The van der Waals surface area contributed by atoms with Crippen molar-refractivity contribution in [3.8, 4) is 11.8 Å². The van der Waals surface area contributed by atoms with Gasteiger partial charge in [0.2, 0.25) is 0 Å². The predicted octanol–water partition coefficient (Wildman–Crippen LogP) is 3.14. The standard InChI is InChI=1S/C16H20N2O/c17-10-2-1-3-13-19-16-6-4-14(5-7-16)15-8-11-18-12-9-15/h4-8,18H,1-3,9,11-13H2. The minimum atomic E-state index is 0.616. The van der Waals surface area contributed by atoms with E-state index in [2.05, 4.69) is 29.6 Å². The van der Waals surface area contributed by atoms with Crippen LogP contribution in [0.5, 0.6) is 5.75 Å². The van der Waals surface area contributed by atoms with Gasteiger partial charge in [0.05, 0.1) is 12.7 Å². The Hall–Kier alpha value is -1.79. The van der Waals surface area contributed by atoms with E-state index in [1.165, 1.54) is 11.1 Å². The molecule has 0 amide bonds. The number of ether oxygens (including phenoxy) is 1. The van der Waals surface area contributed by atoms with Crippen LogP contribution in [0.2, 0.25) is 0 Å². The summed E-state index contributed by atoms with van der Waals surface area (Å²) in [7, 11) is 0. The largest absolute Gasteiger partial charge is 0.494 e. The van der Waals surface area contributed by atoms with Gasteiger partial charge in [-0.2, -0.15) is 5.26 Å². The molecular weight excluding hydrogens is 236 g/mol. The van der Waals surface area contributed by atoms with Crippen LogP contribution in [0.3, 0.4) is 0 Å². The van der Waals surface area contributed by atoms with Crippen molar-refractivity contribution in [2.45, 2.75) is 25.7 Å². The molecule has 1 aliphatic heterocycles. The molecule has 0 radical (unpaired) electrons. The van der Waals surface area contributed by atoms with E-state index >= 15 is 0 Å². The van der Waals surface area contributed by atoms with Gasteiger partial charge in [0.15, 0.2) is 0 Å².